The van der Waals surface area contributed by atoms with E-state index in [4.69, 9.17) is 9.57 Å². The summed E-state index contributed by atoms with van der Waals surface area (Å²) in [7, 11) is 0. The Hall–Kier alpha value is -3.49. The number of aliphatic hydroxyl groups excluding tert-OH is 1. The number of fused-ring (bicyclic) bond motifs is 2. The molecule has 1 aliphatic carbocycles. The number of nitrogens with zero attached hydrogens (tertiary/aromatic N) is 4. The second-order valence-corrected chi connectivity index (χ2v) is 10.4. The molecule has 0 radical (unpaired) electrons. The maximum atomic E-state index is 13.7. The summed E-state index contributed by atoms with van der Waals surface area (Å²) < 4.78 is 21.4. The van der Waals surface area contributed by atoms with Crippen LogP contribution in [0, 0.1) is 18.2 Å². The molecule has 2 aromatic carbocycles. The highest BCUT2D eigenvalue weighted by Crippen LogP contribution is 2.48. The molecule has 1 unspecified atom stereocenters. The summed E-state index contributed by atoms with van der Waals surface area (Å²) in [6.45, 7) is 3.65. The molecule has 1 aromatic heterocycles. The predicted molar refractivity (Wildman–Crippen MR) is 132 cm³/mol. The predicted octanol–water partition coefficient (Wildman–Crippen LogP) is 3.71. The third-order valence-electron chi connectivity index (χ3n) is 8.03. The minimum absolute atomic E-state index is 0.0691. The quantitative estimate of drug-likeness (QED) is 0.609. The molecular weight excluding hydrogens is 459 g/mol. The Kier molecular flexibility index (Phi) is 4.69. The fourth-order valence-corrected chi connectivity index (χ4v) is 5.99. The molecule has 7 nitrogen and oxygen atoms in total. The van der Waals surface area contributed by atoms with Gasteiger partial charge in [-0.1, -0.05) is 11.2 Å². The zero-order valence-electron chi connectivity index (χ0n) is 20.1. The second kappa shape index (κ2) is 7.75. The number of aliphatic hydroxyl groups is 1. The minimum atomic E-state index is -1.18. The monoisotopic (exact) mass is 486 g/mol. The highest BCUT2D eigenvalue weighted by Gasteiger charge is 2.56. The van der Waals surface area contributed by atoms with Crippen LogP contribution in [0.3, 0.4) is 0 Å². The number of ether oxygens (including phenoxy) is 1. The van der Waals surface area contributed by atoms with Crippen molar-refractivity contribution in [1.29, 1.82) is 0 Å². The van der Waals surface area contributed by atoms with Gasteiger partial charge in [-0.3, -0.25) is 0 Å². The zero-order valence-corrected chi connectivity index (χ0v) is 20.1. The standard InChI is InChI=1S/C28H27FN4O3/c1-18-12-32(17-30-18)25-9-2-19(23-7-8-24(23)25)10-20-11-27(15-35-16-27)13-33-26(20)31-36-28(33,14-34)21-3-5-22(29)6-4-21/h2-6,9-10,12,17,34H,7-8,11,13-16H2,1H3. The molecule has 2 fully saturated rings. The van der Waals surface area contributed by atoms with Gasteiger partial charge in [-0.15, -0.1) is 0 Å². The van der Waals surface area contributed by atoms with E-state index in [1.807, 2.05) is 18.2 Å². The molecule has 2 saturated heterocycles. The number of hydrogen-bond acceptors (Lipinski definition) is 6. The molecule has 36 heavy (non-hydrogen) atoms. The first-order chi connectivity index (χ1) is 17.5. The van der Waals surface area contributed by atoms with E-state index in [0.717, 1.165) is 36.4 Å². The third-order valence-corrected chi connectivity index (χ3v) is 8.03. The molecule has 0 amide bonds. The van der Waals surface area contributed by atoms with Gasteiger partial charge in [0.25, 0.3) is 5.72 Å². The van der Waals surface area contributed by atoms with Crippen LogP contribution in [0.25, 0.3) is 11.8 Å². The van der Waals surface area contributed by atoms with Crippen molar-refractivity contribution in [3.05, 3.63) is 88.3 Å². The van der Waals surface area contributed by atoms with Crippen LogP contribution in [-0.2, 0) is 28.1 Å². The summed E-state index contributed by atoms with van der Waals surface area (Å²) in [4.78, 5) is 12.4. The van der Waals surface area contributed by atoms with Crippen molar-refractivity contribution in [3.8, 4) is 5.69 Å². The highest BCUT2D eigenvalue weighted by molar-refractivity contribution is 6.04. The van der Waals surface area contributed by atoms with E-state index < -0.39 is 5.72 Å². The van der Waals surface area contributed by atoms with E-state index in [-0.39, 0.29) is 17.8 Å². The second-order valence-electron chi connectivity index (χ2n) is 10.4. The largest absolute Gasteiger partial charge is 0.390 e. The van der Waals surface area contributed by atoms with Gasteiger partial charge in [0.05, 0.1) is 25.2 Å². The van der Waals surface area contributed by atoms with Crippen molar-refractivity contribution in [2.75, 3.05) is 26.4 Å². The normalized spacial score (nSPS) is 24.6. The number of piperidine rings is 1. The number of aromatic nitrogens is 2. The summed E-state index contributed by atoms with van der Waals surface area (Å²) in [5.74, 6) is 0.398. The molecule has 1 atom stereocenters. The first kappa shape index (κ1) is 21.8. The Morgan fingerprint density at radius 2 is 1.92 bits per heavy atom. The number of benzene rings is 2. The van der Waals surface area contributed by atoms with Crippen LogP contribution >= 0.6 is 0 Å². The van der Waals surface area contributed by atoms with Crippen LogP contribution in [0.4, 0.5) is 4.39 Å². The van der Waals surface area contributed by atoms with Crippen molar-refractivity contribution in [1.82, 2.24) is 14.5 Å². The Bertz CT molecular complexity index is 1420. The smallest absolute Gasteiger partial charge is 0.260 e. The third kappa shape index (κ3) is 3.10. The Labute approximate surface area is 208 Å². The van der Waals surface area contributed by atoms with Crippen LogP contribution in [0.15, 0.2) is 59.7 Å². The Morgan fingerprint density at radius 1 is 1.11 bits per heavy atom. The number of imidazole rings is 1. The molecular formula is C28H27FN4O3. The number of oxime groups is 1. The first-order valence-corrected chi connectivity index (χ1v) is 12.4. The number of hydrogen-bond donors (Lipinski definition) is 1. The van der Waals surface area contributed by atoms with Crippen LogP contribution in [0.2, 0.25) is 0 Å². The fourth-order valence-electron chi connectivity index (χ4n) is 5.99. The zero-order chi connectivity index (χ0) is 24.5. The van der Waals surface area contributed by atoms with Gasteiger partial charge >= 0.3 is 0 Å². The molecule has 0 bridgehead atoms. The van der Waals surface area contributed by atoms with Gasteiger partial charge < -0.3 is 24.1 Å². The molecule has 1 spiro atoms. The maximum Gasteiger partial charge on any atom is 0.260 e. The molecule has 4 aliphatic rings. The number of rotatable bonds is 4. The lowest BCUT2D eigenvalue weighted by atomic mass is 9.74. The molecule has 184 valence electrons. The SMILES string of the molecule is Cc1cn(-c2ccc(C=C3CC4(COC4)CN4C3=NOC4(CO)c3ccc(F)cc3)c3c2CC3)cn1. The van der Waals surface area contributed by atoms with E-state index >= 15 is 0 Å². The van der Waals surface area contributed by atoms with E-state index in [2.05, 4.69) is 39.1 Å². The molecule has 3 aliphatic heterocycles. The number of aryl methyl sites for hydroxylation is 1. The van der Waals surface area contributed by atoms with Gasteiger partial charge in [0.1, 0.15) is 12.4 Å². The van der Waals surface area contributed by atoms with E-state index in [1.54, 1.807) is 12.1 Å². The molecule has 8 heteroatoms. The van der Waals surface area contributed by atoms with Crippen LogP contribution in [0.5, 0.6) is 0 Å². The molecule has 7 rings (SSSR count). The summed E-state index contributed by atoms with van der Waals surface area (Å²) in [5, 5.41) is 15.0. The van der Waals surface area contributed by atoms with Gasteiger partial charge in [-0.2, -0.15) is 0 Å². The van der Waals surface area contributed by atoms with Crippen molar-refractivity contribution in [2.45, 2.75) is 31.9 Å². The van der Waals surface area contributed by atoms with Crippen LogP contribution in [0.1, 0.15) is 34.4 Å². The molecule has 0 saturated carbocycles. The minimum Gasteiger partial charge on any atom is -0.390 e. The average Bonchev–Trinajstić information content (AvgIpc) is 3.43. The van der Waals surface area contributed by atoms with Gasteiger partial charge in [-0.05, 0) is 84.9 Å². The van der Waals surface area contributed by atoms with Gasteiger partial charge in [-0.25, -0.2) is 9.37 Å². The number of halogens is 1. The Morgan fingerprint density at radius 3 is 2.56 bits per heavy atom. The van der Waals surface area contributed by atoms with E-state index in [0.29, 0.717) is 25.3 Å². The van der Waals surface area contributed by atoms with E-state index in [9.17, 15) is 9.50 Å². The van der Waals surface area contributed by atoms with Gasteiger partial charge in [0.2, 0.25) is 0 Å². The van der Waals surface area contributed by atoms with Crippen LogP contribution in [-0.4, -0.2) is 51.8 Å². The van der Waals surface area contributed by atoms with Gasteiger partial charge in [0, 0.05) is 29.4 Å². The van der Waals surface area contributed by atoms with Crippen molar-refractivity contribution in [2.24, 2.45) is 10.6 Å². The molecule has 4 heterocycles. The summed E-state index contributed by atoms with van der Waals surface area (Å²) in [6, 6.07) is 10.4. The lowest BCUT2D eigenvalue weighted by Crippen LogP contribution is -2.61. The first-order valence-electron chi connectivity index (χ1n) is 12.4. The number of amidine groups is 1. The fraction of sp³-hybridized carbons (Fsp3) is 0.357. The molecule has 3 aromatic rings. The average molecular weight is 487 g/mol. The van der Waals surface area contributed by atoms with E-state index in [1.165, 1.54) is 34.5 Å². The summed E-state index contributed by atoms with van der Waals surface area (Å²) >= 11 is 0. The van der Waals surface area contributed by atoms with Crippen LogP contribution < -0.4 is 0 Å². The topological polar surface area (TPSA) is 72.1 Å². The maximum absolute atomic E-state index is 13.7. The van der Waals surface area contributed by atoms with Gasteiger partial charge in [0.15, 0.2) is 5.84 Å². The van der Waals surface area contributed by atoms with Crippen molar-refractivity contribution >= 4 is 11.9 Å². The Balaban J connectivity index is 1.29. The molecule has 1 N–H and O–H groups in total. The summed E-state index contributed by atoms with van der Waals surface area (Å²) in [6.07, 6.45) is 9.06. The lowest BCUT2D eigenvalue weighted by Gasteiger charge is -2.51. The summed E-state index contributed by atoms with van der Waals surface area (Å²) in [5.41, 5.74) is 6.58. The lowest BCUT2D eigenvalue weighted by molar-refractivity contribution is -0.178. The van der Waals surface area contributed by atoms with Crippen molar-refractivity contribution in [3.63, 3.8) is 0 Å². The van der Waals surface area contributed by atoms with Crippen molar-refractivity contribution < 1.29 is 19.1 Å². The highest BCUT2D eigenvalue weighted by atomic mass is 19.1.